The Labute approximate surface area is 140 Å². The van der Waals surface area contributed by atoms with E-state index >= 15 is 0 Å². The molecule has 0 aliphatic carbocycles. The van der Waals surface area contributed by atoms with Crippen LogP contribution in [0.3, 0.4) is 0 Å². The molecule has 1 amide bonds. The molecule has 0 spiro atoms. The van der Waals surface area contributed by atoms with Gasteiger partial charge in [-0.2, -0.15) is 0 Å². The topological polar surface area (TPSA) is 80.5 Å². The van der Waals surface area contributed by atoms with Gasteiger partial charge < -0.3 is 4.90 Å². The summed E-state index contributed by atoms with van der Waals surface area (Å²) in [6.45, 7) is 1.86. The van der Waals surface area contributed by atoms with Crippen molar-refractivity contribution in [2.75, 3.05) is 7.05 Å². The van der Waals surface area contributed by atoms with Gasteiger partial charge in [-0.25, -0.2) is 13.6 Å². The molecule has 2 aromatic rings. The first-order valence-corrected chi connectivity index (χ1v) is 8.78. The van der Waals surface area contributed by atoms with Gasteiger partial charge in [0.2, 0.25) is 10.0 Å². The number of hydrogen-bond donors (Lipinski definition) is 1. The highest BCUT2D eigenvalue weighted by Gasteiger charge is 2.19. The van der Waals surface area contributed by atoms with E-state index in [4.69, 9.17) is 16.7 Å². The molecule has 2 N–H and O–H groups in total. The highest BCUT2D eigenvalue weighted by Crippen LogP contribution is 2.22. The van der Waals surface area contributed by atoms with Crippen molar-refractivity contribution >= 4 is 27.5 Å². The van der Waals surface area contributed by atoms with Crippen molar-refractivity contribution in [3.05, 3.63) is 64.7 Å². The molecule has 23 heavy (non-hydrogen) atoms. The normalized spacial score (nSPS) is 12.7. The Hall–Kier alpha value is -1.89. The van der Waals surface area contributed by atoms with Gasteiger partial charge in [0.05, 0.1) is 10.9 Å². The van der Waals surface area contributed by atoms with Gasteiger partial charge in [-0.1, -0.05) is 23.7 Å². The van der Waals surface area contributed by atoms with Crippen LogP contribution in [0.15, 0.2) is 53.4 Å². The van der Waals surface area contributed by atoms with Crippen LogP contribution in [0.1, 0.15) is 28.9 Å². The van der Waals surface area contributed by atoms with E-state index < -0.39 is 10.0 Å². The summed E-state index contributed by atoms with van der Waals surface area (Å²) in [5.74, 6) is -0.148. The minimum Gasteiger partial charge on any atom is -0.335 e. The minimum absolute atomic E-state index is 0.0418. The van der Waals surface area contributed by atoms with Crippen molar-refractivity contribution in [2.24, 2.45) is 5.14 Å². The fourth-order valence-electron chi connectivity index (χ4n) is 2.13. The molecule has 0 radical (unpaired) electrons. The lowest BCUT2D eigenvalue weighted by Gasteiger charge is -2.25. The number of carbonyl (C=O) groups excluding carboxylic acids is 1. The molecule has 5 nitrogen and oxygen atoms in total. The van der Waals surface area contributed by atoms with Gasteiger partial charge in [0.1, 0.15) is 0 Å². The highest BCUT2D eigenvalue weighted by molar-refractivity contribution is 7.89. The lowest BCUT2D eigenvalue weighted by Crippen LogP contribution is -2.29. The Morgan fingerprint density at radius 3 is 2.09 bits per heavy atom. The van der Waals surface area contributed by atoms with Gasteiger partial charge >= 0.3 is 0 Å². The number of halogens is 1. The average Bonchev–Trinajstić information content (AvgIpc) is 2.53. The van der Waals surface area contributed by atoms with Crippen LogP contribution in [-0.2, 0) is 10.0 Å². The second kappa shape index (κ2) is 6.70. The molecule has 0 heterocycles. The van der Waals surface area contributed by atoms with Gasteiger partial charge in [0.25, 0.3) is 5.91 Å². The van der Waals surface area contributed by atoms with Crippen LogP contribution < -0.4 is 5.14 Å². The smallest absolute Gasteiger partial charge is 0.254 e. The lowest BCUT2D eigenvalue weighted by molar-refractivity contribution is 0.0742. The third kappa shape index (κ3) is 4.10. The van der Waals surface area contributed by atoms with Gasteiger partial charge in [0.15, 0.2) is 0 Å². The fraction of sp³-hybridized carbons (Fsp3) is 0.188. The van der Waals surface area contributed by atoms with E-state index in [1.807, 2.05) is 6.92 Å². The summed E-state index contributed by atoms with van der Waals surface area (Å²) in [5, 5.41) is 5.64. The number of rotatable bonds is 4. The Morgan fingerprint density at radius 1 is 1.09 bits per heavy atom. The van der Waals surface area contributed by atoms with E-state index in [9.17, 15) is 13.2 Å². The van der Waals surface area contributed by atoms with E-state index in [1.165, 1.54) is 12.1 Å². The largest absolute Gasteiger partial charge is 0.335 e. The quantitative estimate of drug-likeness (QED) is 0.918. The number of amides is 1. The summed E-state index contributed by atoms with van der Waals surface area (Å²) in [7, 11) is -2.03. The number of nitrogens with two attached hydrogens (primary N) is 1. The van der Waals surface area contributed by atoms with Crippen LogP contribution in [0, 0.1) is 0 Å². The monoisotopic (exact) mass is 352 g/mol. The standard InChI is InChI=1S/C16H17ClN2O3S/c1-11(12-5-9-15(10-6-12)23(18,21)22)19(2)16(20)13-3-7-14(17)8-4-13/h3-11H,1-2H3,(H2,18,21,22). The number of primary sulfonamides is 1. The zero-order valence-corrected chi connectivity index (χ0v) is 14.3. The lowest BCUT2D eigenvalue weighted by atomic mass is 10.1. The van der Waals surface area contributed by atoms with Crippen LogP contribution in [-0.4, -0.2) is 26.3 Å². The van der Waals surface area contributed by atoms with Crippen LogP contribution in [0.2, 0.25) is 5.02 Å². The number of hydrogen-bond acceptors (Lipinski definition) is 3. The van der Waals surface area contributed by atoms with Gasteiger partial charge in [-0.15, -0.1) is 0 Å². The predicted molar refractivity (Wildman–Crippen MR) is 89.8 cm³/mol. The van der Waals surface area contributed by atoms with Crippen LogP contribution >= 0.6 is 11.6 Å². The van der Waals surface area contributed by atoms with Gasteiger partial charge in [0, 0.05) is 17.6 Å². The first-order chi connectivity index (χ1) is 10.7. The second-order valence-electron chi connectivity index (χ2n) is 5.21. The molecule has 2 rings (SSSR count). The summed E-state index contributed by atoms with van der Waals surface area (Å²) in [5.41, 5.74) is 1.34. The van der Waals surface area contributed by atoms with E-state index in [0.717, 1.165) is 5.56 Å². The van der Waals surface area contributed by atoms with Crippen molar-refractivity contribution < 1.29 is 13.2 Å². The third-order valence-electron chi connectivity index (χ3n) is 3.68. The summed E-state index contributed by atoms with van der Waals surface area (Å²) in [4.78, 5) is 14.1. The van der Waals surface area contributed by atoms with E-state index in [1.54, 1.807) is 48.3 Å². The Balaban J connectivity index is 2.20. The zero-order valence-electron chi connectivity index (χ0n) is 12.7. The summed E-state index contributed by atoms with van der Waals surface area (Å²) in [6, 6.07) is 12.6. The first-order valence-electron chi connectivity index (χ1n) is 6.85. The second-order valence-corrected chi connectivity index (χ2v) is 7.21. The molecule has 0 saturated heterocycles. The average molecular weight is 353 g/mol. The summed E-state index contributed by atoms with van der Waals surface area (Å²) in [6.07, 6.45) is 0. The van der Waals surface area contributed by atoms with Crippen molar-refractivity contribution in [1.29, 1.82) is 0 Å². The van der Waals surface area contributed by atoms with Crippen molar-refractivity contribution in [2.45, 2.75) is 17.9 Å². The number of benzene rings is 2. The fourth-order valence-corrected chi connectivity index (χ4v) is 2.77. The first kappa shape index (κ1) is 17.5. The molecule has 0 fully saturated rings. The maximum absolute atomic E-state index is 12.5. The Morgan fingerprint density at radius 2 is 1.61 bits per heavy atom. The molecule has 7 heteroatoms. The molecular weight excluding hydrogens is 336 g/mol. The van der Waals surface area contributed by atoms with Crippen LogP contribution in [0.25, 0.3) is 0 Å². The highest BCUT2D eigenvalue weighted by atomic mass is 35.5. The molecule has 0 aliphatic rings. The van der Waals surface area contributed by atoms with E-state index in [-0.39, 0.29) is 16.8 Å². The summed E-state index contributed by atoms with van der Waals surface area (Å²) >= 11 is 5.82. The number of carbonyl (C=O) groups is 1. The molecule has 0 bridgehead atoms. The number of sulfonamides is 1. The molecule has 122 valence electrons. The predicted octanol–water partition coefficient (Wildman–Crippen LogP) is 2.82. The van der Waals surface area contributed by atoms with E-state index in [0.29, 0.717) is 10.6 Å². The minimum atomic E-state index is -3.72. The van der Waals surface area contributed by atoms with Gasteiger partial charge in [-0.05, 0) is 48.9 Å². The molecule has 0 saturated carbocycles. The maximum Gasteiger partial charge on any atom is 0.254 e. The molecule has 1 atom stereocenters. The molecule has 0 aliphatic heterocycles. The zero-order chi connectivity index (χ0) is 17.2. The maximum atomic E-state index is 12.5. The SMILES string of the molecule is CC(c1ccc(S(N)(=O)=O)cc1)N(C)C(=O)c1ccc(Cl)cc1. The van der Waals surface area contributed by atoms with Crippen LogP contribution in [0.5, 0.6) is 0 Å². The number of nitrogens with zero attached hydrogens (tertiary/aromatic N) is 1. The molecule has 1 unspecified atom stereocenters. The molecule has 0 aromatic heterocycles. The summed E-state index contributed by atoms with van der Waals surface area (Å²) < 4.78 is 22.5. The van der Waals surface area contributed by atoms with Crippen molar-refractivity contribution in [3.63, 3.8) is 0 Å². The van der Waals surface area contributed by atoms with Crippen LogP contribution in [0.4, 0.5) is 0 Å². The Kier molecular flexibility index (Phi) is 5.09. The van der Waals surface area contributed by atoms with Crippen molar-refractivity contribution in [1.82, 2.24) is 4.90 Å². The third-order valence-corrected chi connectivity index (χ3v) is 4.86. The molecular formula is C16H17ClN2O3S. The van der Waals surface area contributed by atoms with E-state index in [2.05, 4.69) is 0 Å². The van der Waals surface area contributed by atoms with Crippen molar-refractivity contribution in [3.8, 4) is 0 Å². The Bertz CT molecular complexity index is 802. The van der Waals surface area contributed by atoms with Gasteiger partial charge in [-0.3, -0.25) is 4.79 Å². The molecule has 2 aromatic carbocycles.